The molecule has 4 rings (SSSR count). The van der Waals surface area contributed by atoms with Crippen molar-refractivity contribution in [3.63, 3.8) is 0 Å². The van der Waals surface area contributed by atoms with Crippen LogP contribution in [-0.4, -0.2) is 24.3 Å². The highest BCUT2D eigenvalue weighted by atomic mass is 16.2. The van der Waals surface area contributed by atoms with Gasteiger partial charge in [0.25, 0.3) is 5.91 Å². The van der Waals surface area contributed by atoms with Gasteiger partial charge in [0.2, 0.25) is 11.8 Å². The molecule has 2 aromatic carbocycles. The SMILES string of the molecule is CC(=O)Nc1cccc(NC(=O)c2cc3c4c(c2)CC(=O)N4CCC3)c1. The molecule has 6 nitrogen and oxygen atoms in total. The molecule has 0 fully saturated rings. The lowest BCUT2D eigenvalue weighted by atomic mass is 9.96. The maximum Gasteiger partial charge on any atom is 0.255 e. The fourth-order valence-corrected chi connectivity index (χ4v) is 3.69. The molecule has 0 saturated carbocycles. The quantitative estimate of drug-likeness (QED) is 0.894. The molecular weight excluding hydrogens is 330 g/mol. The molecule has 26 heavy (non-hydrogen) atoms. The van der Waals surface area contributed by atoms with E-state index in [1.165, 1.54) is 6.92 Å². The highest BCUT2D eigenvalue weighted by molar-refractivity contribution is 6.08. The summed E-state index contributed by atoms with van der Waals surface area (Å²) in [7, 11) is 0. The molecule has 0 atom stereocenters. The fourth-order valence-electron chi connectivity index (χ4n) is 3.69. The maximum atomic E-state index is 12.7. The van der Waals surface area contributed by atoms with E-state index in [0.29, 0.717) is 23.4 Å². The summed E-state index contributed by atoms with van der Waals surface area (Å²) in [6, 6.07) is 10.7. The van der Waals surface area contributed by atoms with Gasteiger partial charge in [0.05, 0.1) is 12.1 Å². The number of anilines is 3. The molecule has 0 spiro atoms. The lowest BCUT2D eigenvalue weighted by Crippen LogP contribution is -2.31. The van der Waals surface area contributed by atoms with E-state index >= 15 is 0 Å². The normalized spacial score (nSPS) is 14.8. The van der Waals surface area contributed by atoms with Gasteiger partial charge in [0.15, 0.2) is 0 Å². The molecule has 0 saturated heterocycles. The second-order valence-electron chi connectivity index (χ2n) is 6.68. The minimum atomic E-state index is -0.222. The molecule has 2 aromatic rings. The van der Waals surface area contributed by atoms with Crippen LogP contribution in [0.5, 0.6) is 0 Å². The van der Waals surface area contributed by atoms with Crippen LogP contribution >= 0.6 is 0 Å². The van der Waals surface area contributed by atoms with Crippen LogP contribution in [0.1, 0.15) is 34.8 Å². The Morgan fingerprint density at radius 2 is 1.77 bits per heavy atom. The van der Waals surface area contributed by atoms with Gasteiger partial charge in [0.1, 0.15) is 0 Å². The Kier molecular flexibility index (Phi) is 3.95. The number of nitrogens with zero attached hydrogens (tertiary/aromatic N) is 1. The second kappa shape index (κ2) is 6.29. The van der Waals surface area contributed by atoms with Crippen molar-refractivity contribution in [2.75, 3.05) is 22.1 Å². The van der Waals surface area contributed by atoms with Gasteiger partial charge in [-0.05, 0) is 54.3 Å². The summed E-state index contributed by atoms with van der Waals surface area (Å²) < 4.78 is 0. The van der Waals surface area contributed by atoms with Crippen molar-refractivity contribution in [2.45, 2.75) is 26.2 Å². The number of aryl methyl sites for hydroxylation is 1. The number of rotatable bonds is 3. The first-order valence-corrected chi connectivity index (χ1v) is 8.66. The molecule has 3 amide bonds. The summed E-state index contributed by atoms with van der Waals surface area (Å²) in [6.45, 7) is 2.20. The van der Waals surface area contributed by atoms with Crippen molar-refractivity contribution < 1.29 is 14.4 Å². The number of hydrogen-bond acceptors (Lipinski definition) is 3. The molecule has 132 valence electrons. The Hall–Kier alpha value is -3.15. The van der Waals surface area contributed by atoms with E-state index in [0.717, 1.165) is 36.2 Å². The van der Waals surface area contributed by atoms with E-state index in [9.17, 15) is 14.4 Å². The molecule has 0 aliphatic carbocycles. The monoisotopic (exact) mass is 349 g/mol. The van der Waals surface area contributed by atoms with Gasteiger partial charge in [-0.3, -0.25) is 14.4 Å². The van der Waals surface area contributed by atoms with Crippen LogP contribution in [0.25, 0.3) is 0 Å². The summed E-state index contributed by atoms with van der Waals surface area (Å²) in [5.74, 6) is -0.276. The molecule has 0 unspecified atom stereocenters. The third kappa shape index (κ3) is 2.94. The highest BCUT2D eigenvalue weighted by Crippen LogP contribution is 2.37. The summed E-state index contributed by atoms with van der Waals surface area (Å²) in [5, 5.41) is 5.56. The first-order chi connectivity index (χ1) is 12.5. The number of benzene rings is 2. The fraction of sp³-hybridized carbons (Fsp3) is 0.250. The average molecular weight is 349 g/mol. The summed E-state index contributed by atoms with van der Waals surface area (Å²) in [4.78, 5) is 37.9. The number of carbonyl (C=O) groups is 3. The van der Waals surface area contributed by atoms with E-state index in [1.54, 1.807) is 24.3 Å². The topological polar surface area (TPSA) is 78.5 Å². The zero-order valence-electron chi connectivity index (χ0n) is 14.5. The van der Waals surface area contributed by atoms with Crippen molar-refractivity contribution in [2.24, 2.45) is 0 Å². The summed E-state index contributed by atoms with van der Waals surface area (Å²) >= 11 is 0. The first kappa shape index (κ1) is 16.3. The van der Waals surface area contributed by atoms with Gasteiger partial charge in [-0.1, -0.05) is 6.07 Å². The average Bonchev–Trinajstić information content (AvgIpc) is 2.92. The van der Waals surface area contributed by atoms with Crippen molar-refractivity contribution >= 4 is 34.8 Å². The van der Waals surface area contributed by atoms with Crippen LogP contribution in [0, 0.1) is 0 Å². The van der Waals surface area contributed by atoms with Crippen LogP contribution in [0.2, 0.25) is 0 Å². The second-order valence-corrected chi connectivity index (χ2v) is 6.68. The molecule has 2 aliphatic heterocycles. The van der Waals surface area contributed by atoms with E-state index < -0.39 is 0 Å². The van der Waals surface area contributed by atoms with Crippen LogP contribution in [0.4, 0.5) is 17.1 Å². The minimum absolute atomic E-state index is 0.113. The van der Waals surface area contributed by atoms with E-state index in [4.69, 9.17) is 0 Å². The van der Waals surface area contributed by atoms with Gasteiger partial charge in [-0.25, -0.2) is 0 Å². The lowest BCUT2D eigenvalue weighted by molar-refractivity contribution is -0.117. The van der Waals surface area contributed by atoms with Gasteiger partial charge in [0, 0.05) is 30.4 Å². The molecular formula is C20H19N3O3. The smallest absolute Gasteiger partial charge is 0.255 e. The molecule has 6 heteroatoms. The van der Waals surface area contributed by atoms with Gasteiger partial charge >= 0.3 is 0 Å². The Bertz CT molecular complexity index is 936. The first-order valence-electron chi connectivity index (χ1n) is 8.66. The van der Waals surface area contributed by atoms with E-state index in [1.807, 2.05) is 17.0 Å². The number of amides is 3. The molecule has 0 bridgehead atoms. The minimum Gasteiger partial charge on any atom is -0.326 e. The molecule has 0 aromatic heterocycles. The number of nitrogens with one attached hydrogen (secondary N) is 2. The van der Waals surface area contributed by atoms with Crippen LogP contribution in [0.3, 0.4) is 0 Å². The third-order valence-corrected chi connectivity index (χ3v) is 4.71. The molecule has 2 aliphatic rings. The summed E-state index contributed by atoms with van der Waals surface area (Å²) in [6.07, 6.45) is 2.16. The van der Waals surface area contributed by atoms with Gasteiger partial charge in [-0.15, -0.1) is 0 Å². The number of hydrogen-bond donors (Lipinski definition) is 2. The van der Waals surface area contributed by atoms with E-state index in [-0.39, 0.29) is 17.7 Å². The molecule has 2 N–H and O–H groups in total. The number of carbonyl (C=O) groups excluding carboxylic acids is 3. The van der Waals surface area contributed by atoms with Crippen molar-refractivity contribution in [3.8, 4) is 0 Å². The zero-order valence-corrected chi connectivity index (χ0v) is 14.5. The highest BCUT2D eigenvalue weighted by Gasteiger charge is 2.32. The van der Waals surface area contributed by atoms with E-state index in [2.05, 4.69) is 10.6 Å². The van der Waals surface area contributed by atoms with Crippen molar-refractivity contribution in [1.82, 2.24) is 0 Å². The third-order valence-electron chi connectivity index (χ3n) is 4.71. The standard InChI is InChI=1S/C20H19N3O3/c1-12(24)21-16-5-2-6-17(11-16)22-20(26)15-8-13-4-3-7-23-18(25)10-14(9-15)19(13)23/h2,5-6,8-9,11H,3-4,7,10H2,1H3,(H,21,24)(H,22,26). The largest absolute Gasteiger partial charge is 0.326 e. The zero-order chi connectivity index (χ0) is 18.3. The van der Waals surface area contributed by atoms with Crippen molar-refractivity contribution in [1.29, 1.82) is 0 Å². The molecule has 0 radical (unpaired) electrons. The Morgan fingerprint density at radius 3 is 2.54 bits per heavy atom. The Balaban J connectivity index is 1.59. The summed E-state index contributed by atoms with van der Waals surface area (Å²) in [5.41, 5.74) is 4.79. The van der Waals surface area contributed by atoms with Crippen molar-refractivity contribution in [3.05, 3.63) is 53.1 Å². The molecule has 2 heterocycles. The van der Waals surface area contributed by atoms with Crippen LogP contribution < -0.4 is 15.5 Å². The predicted octanol–water partition coefficient (Wildman–Crippen LogP) is 2.73. The van der Waals surface area contributed by atoms with Gasteiger partial charge < -0.3 is 15.5 Å². The maximum absolute atomic E-state index is 12.7. The predicted molar refractivity (Wildman–Crippen MR) is 99.5 cm³/mol. The van der Waals surface area contributed by atoms with Crippen LogP contribution in [-0.2, 0) is 22.4 Å². The Labute approximate surface area is 151 Å². The van der Waals surface area contributed by atoms with Gasteiger partial charge in [-0.2, -0.15) is 0 Å². The van der Waals surface area contributed by atoms with Crippen LogP contribution in [0.15, 0.2) is 36.4 Å². The Morgan fingerprint density at radius 1 is 1.04 bits per heavy atom. The lowest BCUT2D eigenvalue weighted by Gasteiger charge is -2.25.